The van der Waals surface area contributed by atoms with E-state index in [2.05, 4.69) is 5.32 Å². The van der Waals surface area contributed by atoms with Crippen LogP contribution in [0.4, 0.5) is 5.69 Å². The average molecular weight is 289 g/mol. The van der Waals surface area contributed by atoms with Crippen molar-refractivity contribution in [3.8, 4) is 0 Å². The van der Waals surface area contributed by atoms with Crippen molar-refractivity contribution in [2.75, 3.05) is 25.8 Å². The van der Waals surface area contributed by atoms with Gasteiger partial charge in [0.05, 0.1) is 5.56 Å². The maximum atomic E-state index is 11.8. The van der Waals surface area contributed by atoms with Crippen molar-refractivity contribution in [3.63, 3.8) is 0 Å². The first-order chi connectivity index (χ1) is 8.83. The van der Waals surface area contributed by atoms with Gasteiger partial charge in [0.1, 0.15) is 17.7 Å². The summed E-state index contributed by atoms with van der Waals surface area (Å²) < 4.78 is 26.2. The summed E-state index contributed by atoms with van der Waals surface area (Å²) in [4.78, 5) is 22.9. The van der Waals surface area contributed by atoms with Gasteiger partial charge in [-0.25, -0.2) is 4.79 Å². The van der Waals surface area contributed by atoms with E-state index in [1.165, 1.54) is 34.1 Å². The van der Waals surface area contributed by atoms with Crippen molar-refractivity contribution >= 4 is 19.1 Å². The second-order valence-corrected chi connectivity index (χ2v) is 6.05. The fourth-order valence-corrected chi connectivity index (χ4v) is 2.18. The molecule has 8 heteroatoms. The second kappa shape index (κ2) is 6.14. The van der Waals surface area contributed by atoms with Crippen LogP contribution in [0.15, 0.2) is 15.3 Å². The summed E-state index contributed by atoms with van der Waals surface area (Å²) in [5.74, 6) is 0.00989. The van der Waals surface area contributed by atoms with Crippen molar-refractivity contribution in [1.29, 1.82) is 0 Å². The molecule has 0 aliphatic heterocycles. The summed E-state index contributed by atoms with van der Waals surface area (Å²) in [5, 5.41) is 2.61. The van der Waals surface area contributed by atoms with Crippen molar-refractivity contribution in [2.24, 2.45) is 0 Å². The Morgan fingerprint density at radius 2 is 2.00 bits per heavy atom. The molecule has 19 heavy (non-hydrogen) atoms. The largest absolute Gasteiger partial charge is 0.426 e. The Kier molecular flexibility index (Phi) is 5.05. The molecular weight excluding hydrogens is 273 g/mol. The van der Waals surface area contributed by atoms with Gasteiger partial charge in [-0.15, -0.1) is 0 Å². The van der Waals surface area contributed by atoms with Crippen LogP contribution in [0.1, 0.15) is 23.0 Å². The first-order valence-electron chi connectivity index (χ1n) is 5.43. The lowest BCUT2D eigenvalue weighted by Crippen LogP contribution is -2.15. The molecule has 1 aromatic heterocycles. The van der Waals surface area contributed by atoms with Crippen LogP contribution < -0.4 is 10.9 Å². The van der Waals surface area contributed by atoms with Crippen molar-refractivity contribution < 1.29 is 22.8 Å². The lowest BCUT2D eigenvalue weighted by molar-refractivity contribution is 0.101. The third-order valence-electron chi connectivity index (χ3n) is 2.53. The molecular formula is C11H16NO6P. The number of anilines is 1. The van der Waals surface area contributed by atoms with Crippen LogP contribution in [0.25, 0.3) is 0 Å². The first-order valence-corrected chi connectivity index (χ1v) is 7.16. The number of carbonyl (C=O) groups is 1. The van der Waals surface area contributed by atoms with Crippen LogP contribution >= 0.6 is 7.60 Å². The predicted molar refractivity (Wildman–Crippen MR) is 69.8 cm³/mol. The molecule has 7 nitrogen and oxygen atoms in total. The van der Waals surface area contributed by atoms with Gasteiger partial charge in [0, 0.05) is 14.2 Å². The quantitative estimate of drug-likeness (QED) is 0.632. The molecule has 1 aromatic rings. The van der Waals surface area contributed by atoms with Gasteiger partial charge in [0.25, 0.3) is 0 Å². The van der Waals surface area contributed by atoms with Gasteiger partial charge in [0.2, 0.25) is 0 Å². The highest BCUT2D eigenvalue weighted by molar-refractivity contribution is 7.53. The summed E-state index contributed by atoms with van der Waals surface area (Å²) in [7, 11) is -0.812. The van der Waals surface area contributed by atoms with E-state index in [4.69, 9.17) is 13.5 Å². The molecule has 1 rings (SSSR count). The molecule has 0 spiro atoms. The van der Waals surface area contributed by atoms with Crippen LogP contribution in [-0.2, 0) is 13.6 Å². The zero-order chi connectivity index (χ0) is 14.6. The van der Waals surface area contributed by atoms with Gasteiger partial charge < -0.3 is 18.8 Å². The van der Waals surface area contributed by atoms with Crippen LogP contribution in [0.3, 0.4) is 0 Å². The number of hydrogen-bond acceptors (Lipinski definition) is 7. The van der Waals surface area contributed by atoms with Gasteiger partial charge in [-0.05, 0) is 19.9 Å². The molecule has 1 heterocycles. The molecule has 0 atom stereocenters. The molecule has 0 aliphatic carbocycles. The van der Waals surface area contributed by atoms with Gasteiger partial charge in [0.15, 0.2) is 5.78 Å². The molecule has 0 saturated carbocycles. The van der Waals surface area contributed by atoms with E-state index >= 15 is 0 Å². The van der Waals surface area contributed by atoms with E-state index in [1.807, 2.05) is 0 Å². The highest BCUT2D eigenvalue weighted by Gasteiger charge is 2.22. The first kappa shape index (κ1) is 15.6. The second-order valence-electron chi connectivity index (χ2n) is 3.78. The number of carbonyl (C=O) groups excluding carboxylic acids is 1. The molecule has 0 aromatic carbocycles. The summed E-state index contributed by atoms with van der Waals surface area (Å²) in [6.45, 7) is 2.89. The minimum Gasteiger partial charge on any atom is -0.426 e. The smallest absolute Gasteiger partial charge is 0.359 e. The normalized spacial score (nSPS) is 11.4. The number of rotatable bonds is 6. The highest BCUT2D eigenvalue weighted by Crippen LogP contribution is 2.45. The lowest BCUT2D eigenvalue weighted by atomic mass is 10.1. The Morgan fingerprint density at radius 3 is 2.47 bits per heavy atom. The number of nitrogens with one attached hydrogen (secondary N) is 1. The summed E-state index contributed by atoms with van der Waals surface area (Å²) in [6.07, 6.45) is -0.203. The number of Topliss-reactive ketones (excluding diaryl/α,β-unsaturated/α-hetero) is 1. The predicted octanol–water partition coefficient (Wildman–Crippen LogP) is 2.01. The van der Waals surface area contributed by atoms with E-state index in [9.17, 15) is 14.2 Å². The van der Waals surface area contributed by atoms with Crippen molar-refractivity contribution in [2.45, 2.75) is 13.8 Å². The SMILES string of the molecule is COP(=O)(CNc1cc(C(C)=O)c(C)oc1=O)OC. The number of ketones is 1. The van der Waals surface area contributed by atoms with Crippen LogP contribution in [0.5, 0.6) is 0 Å². The summed E-state index contributed by atoms with van der Waals surface area (Å²) in [5.41, 5.74) is -0.335. The molecule has 106 valence electrons. The average Bonchev–Trinajstić information content (AvgIpc) is 2.37. The molecule has 1 N–H and O–H groups in total. The molecule has 0 fully saturated rings. The van der Waals surface area contributed by atoms with Gasteiger partial charge in [-0.1, -0.05) is 0 Å². The minimum absolute atomic E-state index is 0.0325. The molecule has 0 saturated heterocycles. The third-order valence-corrected chi connectivity index (χ3v) is 4.19. The van der Waals surface area contributed by atoms with Gasteiger partial charge in [-0.3, -0.25) is 9.36 Å². The Hall–Kier alpha value is -1.43. The number of aryl methyl sites for hydroxylation is 1. The third kappa shape index (κ3) is 3.76. The summed E-state index contributed by atoms with van der Waals surface area (Å²) >= 11 is 0. The van der Waals surface area contributed by atoms with Crippen LogP contribution in [0, 0.1) is 6.92 Å². The Bertz CT molecular complexity index is 571. The maximum absolute atomic E-state index is 11.8. The molecule has 0 amide bonds. The fraction of sp³-hybridized carbons (Fsp3) is 0.455. The number of hydrogen-bond donors (Lipinski definition) is 1. The standard InChI is InChI=1S/C11H16NO6P/c1-7(13)9-5-10(11(14)18-8(9)2)12-6-19(15,16-3)17-4/h5,12H,6H2,1-4H3. The van der Waals surface area contributed by atoms with E-state index in [0.717, 1.165) is 0 Å². The zero-order valence-corrected chi connectivity index (χ0v) is 12.1. The Morgan fingerprint density at radius 1 is 1.42 bits per heavy atom. The highest BCUT2D eigenvalue weighted by atomic mass is 31.2. The van der Waals surface area contributed by atoms with Crippen LogP contribution in [-0.4, -0.2) is 26.3 Å². The van der Waals surface area contributed by atoms with E-state index in [-0.39, 0.29) is 29.1 Å². The van der Waals surface area contributed by atoms with Crippen LogP contribution in [0.2, 0.25) is 0 Å². The van der Waals surface area contributed by atoms with Crippen molar-refractivity contribution in [3.05, 3.63) is 27.8 Å². The fourth-order valence-electron chi connectivity index (χ4n) is 1.41. The molecule has 0 aliphatic rings. The minimum atomic E-state index is -3.29. The monoisotopic (exact) mass is 289 g/mol. The molecule has 0 unspecified atom stereocenters. The zero-order valence-electron chi connectivity index (χ0n) is 11.2. The molecule has 0 bridgehead atoms. The lowest BCUT2D eigenvalue weighted by Gasteiger charge is -2.14. The topological polar surface area (TPSA) is 94.8 Å². The van der Waals surface area contributed by atoms with E-state index < -0.39 is 13.2 Å². The van der Waals surface area contributed by atoms with Crippen molar-refractivity contribution in [1.82, 2.24) is 0 Å². The van der Waals surface area contributed by atoms with E-state index in [0.29, 0.717) is 0 Å². The maximum Gasteiger partial charge on any atom is 0.359 e. The summed E-state index contributed by atoms with van der Waals surface area (Å²) in [6, 6.07) is 1.36. The van der Waals surface area contributed by atoms with E-state index in [1.54, 1.807) is 0 Å². The Labute approximate surface area is 110 Å². The van der Waals surface area contributed by atoms with Gasteiger partial charge >= 0.3 is 13.2 Å². The van der Waals surface area contributed by atoms with Gasteiger partial charge in [-0.2, -0.15) is 0 Å². The Balaban J connectivity index is 3.03. The molecule has 0 radical (unpaired) electrons.